The van der Waals surface area contributed by atoms with Crippen molar-refractivity contribution in [3.8, 4) is 10.8 Å². The van der Waals surface area contributed by atoms with E-state index in [9.17, 15) is 0 Å². The highest BCUT2D eigenvalue weighted by molar-refractivity contribution is 7.13. The maximum absolute atomic E-state index is 5.82. The van der Waals surface area contributed by atoms with Crippen molar-refractivity contribution < 1.29 is 4.42 Å². The molecule has 2 heterocycles. The van der Waals surface area contributed by atoms with Crippen molar-refractivity contribution in [1.82, 2.24) is 4.98 Å². The first-order valence-electron chi connectivity index (χ1n) is 7.52. The van der Waals surface area contributed by atoms with E-state index in [2.05, 4.69) is 41.5 Å². The lowest BCUT2D eigenvalue weighted by Gasteiger charge is -2.06. The van der Waals surface area contributed by atoms with Gasteiger partial charge in [-0.15, -0.1) is 11.3 Å². The Morgan fingerprint density at radius 3 is 2.87 bits per heavy atom. The lowest BCUT2D eigenvalue weighted by Crippen LogP contribution is -1.99. The third-order valence-electron chi connectivity index (χ3n) is 3.70. The van der Waals surface area contributed by atoms with Crippen LogP contribution in [0.25, 0.3) is 21.9 Å². The monoisotopic (exact) mass is 320 g/mol. The number of aromatic nitrogens is 1. The normalized spacial score (nSPS) is 11.0. The van der Waals surface area contributed by atoms with Crippen LogP contribution in [-0.2, 0) is 6.54 Å². The molecule has 0 fully saturated rings. The Hall–Kier alpha value is -2.59. The second-order valence-electron chi connectivity index (χ2n) is 5.52. The van der Waals surface area contributed by atoms with Crippen LogP contribution in [0.3, 0.4) is 0 Å². The number of oxazole rings is 1. The van der Waals surface area contributed by atoms with Gasteiger partial charge in [0, 0.05) is 12.2 Å². The van der Waals surface area contributed by atoms with Crippen LogP contribution in [0.15, 0.2) is 64.4 Å². The number of nitrogens with one attached hydrogen (secondary N) is 1. The first kappa shape index (κ1) is 14.0. The number of anilines is 1. The van der Waals surface area contributed by atoms with Crippen LogP contribution in [0.5, 0.6) is 0 Å². The second-order valence-corrected chi connectivity index (χ2v) is 6.47. The topological polar surface area (TPSA) is 38.1 Å². The third-order valence-corrected chi connectivity index (χ3v) is 4.56. The molecule has 0 unspecified atom stereocenters. The number of thiophene rings is 1. The predicted molar refractivity (Wildman–Crippen MR) is 95.8 cm³/mol. The smallest absolute Gasteiger partial charge is 0.237 e. The number of rotatable bonds is 4. The number of fused-ring (bicyclic) bond motifs is 1. The fourth-order valence-corrected chi connectivity index (χ4v) is 3.22. The minimum atomic E-state index is 0.686. The minimum absolute atomic E-state index is 0.686. The summed E-state index contributed by atoms with van der Waals surface area (Å²) >= 11 is 1.63. The van der Waals surface area contributed by atoms with Gasteiger partial charge in [0.25, 0.3) is 0 Å². The van der Waals surface area contributed by atoms with Gasteiger partial charge in [-0.05, 0) is 42.1 Å². The Kier molecular flexibility index (Phi) is 3.60. The van der Waals surface area contributed by atoms with Gasteiger partial charge in [0.1, 0.15) is 5.52 Å². The molecular weight excluding hydrogens is 304 g/mol. The molecule has 2 aromatic heterocycles. The molecule has 0 bridgehead atoms. The zero-order chi connectivity index (χ0) is 15.6. The molecule has 3 nitrogen and oxygen atoms in total. The molecule has 0 aliphatic rings. The summed E-state index contributed by atoms with van der Waals surface area (Å²) in [5.41, 5.74) is 5.28. The average Bonchev–Trinajstić information content (AvgIpc) is 3.21. The number of hydrogen-bond acceptors (Lipinski definition) is 4. The largest absolute Gasteiger partial charge is 0.435 e. The number of aryl methyl sites for hydroxylation is 1. The van der Waals surface area contributed by atoms with Crippen molar-refractivity contribution >= 4 is 28.1 Å². The molecule has 0 aliphatic heterocycles. The minimum Gasteiger partial charge on any atom is -0.435 e. The van der Waals surface area contributed by atoms with Crippen LogP contribution in [0.1, 0.15) is 11.1 Å². The van der Waals surface area contributed by atoms with Crippen molar-refractivity contribution in [2.75, 3.05) is 5.32 Å². The molecule has 0 aliphatic carbocycles. The van der Waals surface area contributed by atoms with Gasteiger partial charge in [-0.2, -0.15) is 0 Å². The van der Waals surface area contributed by atoms with E-state index in [1.165, 1.54) is 11.1 Å². The van der Waals surface area contributed by atoms with Crippen LogP contribution in [0.2, 0.25) is 0 Å². The molecule has 1 N–H and O–H groups in total. The van der Waals surface area contributed by atoms with Crippen LogP contribution < -0.4 is 5.32 Å². The summed E-state index contributed by atoms with van der Waals surface area (Å²) in [6, 6.07) is 18.6. The molecule has 4 heteroatoms. The lowest BCUT2D eigenvalue weighted by atomic mass is 10.1. The fourth-order valence-electron chi connectivity index (χ4n) is 2.57. The van der Waals surface area contributed by atoms with Gasteiger partial charge in [-0.25, -0.2) is 4.98 Å². The Morgan fingerprint density at radius 1 is 1.09 bits per heavy atom. The van der Waals surface area contributed by atoms with Crippen molar-refractivity contribution in [1.29, 1.82) is 0 Å². The highest BCUT2D eigenvalue weighted by atomic mass is 32.1. The molecular formula is C19H16N2OS. The standard InChI is InChI=1S/C19H16N2OS/c1-13-4-2-5-14(10-13)12-20-15-7-8-17-16(11-15)21-19(22-17)18-6-3-9-23-18/h2-11,20H,12H2,1H3. The third kappa shape index (κ3) is 2.98. The van der Waals surface area contributed by atoms with Gasteiger partial charge >= 0.3 is 0 Å². The van der Waals surface area contributed by atoms with Crippen molar-refractivity contribution in [2.24, 2.45) is 0 Å². The Morgan fingerprint density at radius 2 is 2.04 bits per heavy atom. The van der Waals surface area contributed by atoms with Crippen molar-refractivity contribution in [3.05, 3.63) is 71.1 Å². The van der Waals surface area contributed by atoms with E-state index in [4.69, 9.17) is 4.42 Å². The van der Waals surface area contributed by atoms with E-state index in [-0.39, 0.29) is 0 Å². The van der Waals surface area contributed by atoms with E-state index < -0.39 is 0 Å². The summed E-state index contributed by atoms with van der Waals surface area (Å²) in [4.78, 5) is 5.64. The summed E-state index contributed by atoms with van der Waals surface area (Å²) in [6.07, 6.45) is 0. The van der Waals surface area contributed by atoms with Crippen molar-refractivity contribution in [3.63, 3.8) is 0 Å². The molecule has 0 amide bonds. The van der Waals surface area contributed by atoms with Crippen LogP contribution in [0, 0.1) is 6.92 Å². The molecule has 114 valence electrons. The Balaban J connectivity index is 1.56. The number of benzene rings is 2. The fraction of sp³-hybridized carbons (Fsp3) is 0.105. The van der Waals surface area contributed by atoms with E-state index in [1.54, 1.807) is 11.3 Å². The first-order valence-corrected chi connectivity index (χ1v) is 8.40. The van der Waals surface area contributed by atoms with E-state index in [0.717, 1.165) is 28.2 Å². The summed E-state index contributed by atoms with van der Waals surface area (Å²) < 4.78 is 5.82. The summed E-state index contributed by atoms with van der Waals surface area (Å²) in [6.45, 7) is 2.90. The molecule has 0 saturated carbocycles. The maximum atomic E-state index is 5.82. The summed E-state index contributed by atoms with van der Waals surface area (Å²) in [7, 11) is 0. The molecule has 2 aromatic carbocycles. The first-order chi connectivity index (χ1) is 11.3. The summed E-state index contributed by atoms with van der Waals surface area (Å²) in [5, 5.41) is 5.47. The van der Waals surface area contributed by atoms with Gasteiger partial charge in [0.15, 0.2) is 5.58 Å². The molecule has 4 rings (SSSR count). The van der Waals surface area contributed by atoms with Crippen LogP contribution >= 0.6 is 11.3 Å². The number of hydrogen-bond donors (Lipinski definition) is 1. The molecule has 0 atom stereocenters. The summed E-state index contributed by atoms with van der Waals surface area (Å²) in [5.74, 6) is 0.686. The zero-order valence-electron chi connectivity index (χ0n) is 12.7. The zero-order valence-corrected chi connectivity index (χ0v) is 13.6. The average molecular weight is 320 g/mol. The highest BCUT2D eigenvalue weighted by Crippen LogP contribution is 2.29. The van der Waals surface area contributed by atoms with E-state index in [0.29, 0.717) is 5.89 Å². The van der Waals surface area contributed by atoms with Gasteiger partial charge < -0.3 is 9.73 Å². The van der Waals surface area contributed by atoms with Crippen LogP contribution in [0.4, 0.5) is 5.69 Å². The SMILES string of the molecule is Cc1cccc(CNc2ccc3oc(-c4cccs4)nc3c2)c1. The van der Waals surface area contributed by atoms with E-state index >= 15 is 0 Å². The van der Waals surface area contributed by atoms with Crippen molar-refractivity contribution in [2.45, 2.75) is 13.5 Å². The van der Waals surface area contributed by atoms with Gasteiger partial charge in [-0.3, -0.25) is 0 Å². The molecule has 23 heavy (non-hydrogen) atoms. The van der Waals surface area contributed by atoms with Gasteiger partial charge in [-0.1, -0.05) is 35.9 Å². The molecule has 0 saturated heterocycles. The molecule has 0 spiro atoms. The highest BCUT2D eigenvalue weighted by Gasteiger charge is 2.09. The molecule has 0 radical (unpaired) electrons. The Labute approximate surface area is 138 Å². The molecule has 4 aromatic rings. The maximum Gasteiger partial charge on any atom is 0.237 e. The van der Waals surface area contributed by atoms with Crippen LogP contribution in [-0.4, -0.2) is 4.98 Å². The Bertz CT molecular complexity index is 941. The quantitative estimate of drug-likeness (QED) is 0.541. The van der Waals surface area contributed by atoms with Gasteiger partial charge in [0.2, 0.25) is 5.89 Å². The second kappa shape index (κ2) is 5.89. The van der Waals surface area contributed by atoms with Gasteiger partial charge in [0.05, 0.1) is 4.88 Å². The number of nitrogens with zero attached hydrogens (tertiary/aromatic N) is 1. The predicted octanol–water partition coefficient (Wildman–Crippen LogP) is 5.48. The lowest BCUT2D eigenvalue weighted by molar-refractivity contribution is 0.621. The van der Waals surface area contributed by atoms with E-state index in [1.807, 2.05) is 35.7 Å².